The lowest BCUT2D eigenvalue weighted by Crippen LogP contribution is -1.99. The highest BCUT2D eigenvalue weighted by Crippen LogP contribution is 2.21. The van der Waals surface area contributed by atoms with Crippen molar-refractivity contribution in [2.75, 3.05) is 0 Å². The van der Waals surface area contributed by atoms with E-state index in [1.54, 1.807) is 0 Å². The van der Waals surface area contributed by atoms with Gasteiger partial charge in [0, 0.05) is 11.3 Å². The van der Waals surface area contributed by atoms with E-state index in [4.69, 9.17) is 5.11 Å². The molecule has 4 heteroatoms. The van der Waals surface area contributed by atoms with Gasteiger partial charge in [0.15, 0.2) is 0 Å². The van der Waals surface area contributed by atoms with Crippen LogP contribution in [0.5, 0.6) is 0 Å². The molecule has 19 heavy (non-hydrogen) atoms. The van der Waals surface area contributed by atoms with Crippen molar-refractivity contribution >= 4 is 17.3 Å². The third kappa shape index (κ3) is 3.64. The van der Waals surface area contributed by atoms with E-state index in [-0.39, 0.29) is 6.42 Å². The van der Waals surface area contributed by atoms with Crippen molar-refractivity contribution in [1.29, 1.82) is 0 Å². The van der Waals surface area contributed by atoms with E-state index in [1.165, 1.54) is 22.5 Å². The summed E-state index contributed by atoms with van der Waals surface area (Å²) in [6, 6.07) is 8.50. The molecule has 1 aromatic heterocycles. The maximum atomic E-state index is 10.7. The van der Waals surface area contributed by atoms with Gasteiger partial charge in [-0.2, -0.15) is 0 Å². The van der Waals surface area contributed by atoms with Gasteiger partial charge in [-0.25, -0.2) is 4.98 Å². The number of carboxylic acid groups (broad SMARTS) is 1. The van der Waals surface area contributed by atoms with Crippen molar-refractivity contribution in [2.24, 2.45) is 0 Å². The Morgan fingerprint density at radius 2 is 1.89 bits per heavy atom. The third-order valence-corrected chi connectivity index (χ3v) is 4.19. The Labute approximate surface area is 116 Å². The first kappa shape index (κ1) is 13.7. The Hall–Kier alpha value is -1.68. The lowest BCUT2D eigenvalue weighted by atomic mass is 10.1. The van der Waals surface area contributed by atoms with E-state index in [1.807, 2.05) is 6.92 Å². The van der Waals surface area contributed by atoms with Gasteiger partial charge in [-0.3, -0.25) is 4.79 Å². The second-order valence-electron chi connectivity index (χ2n) is 4.53. The Morgan fingerprint density at radius 1 is 1.26 bits per heavy atom. The fourth-order valence-corrected chi connectivity index (χ4v) is 3.03. The third-order valence-electron chi connectivity index (χ3n) is 3.04. The summed E-state index contributed by atoms with van der Waals surface area (Å²) in [5, 5.41) is 9.81. The van der Waals surface area contributed by atoms with Gasteiger partial charge in [-0.05, 0) is 24.5 Å². The first-order valence-corrected chi connectivity index (χ1v) is 7.15. The Kier molecular flexibility index (Phi) is 4.32. The van der Waals surface area contributed by atoms with Gasteiger partial charge in [-0.15, -0.1) is 11.3 Å². The second-order valence-corrected chi connectivity index (χ2v) is 5.70. The first-order chi connectivity index (χ1) is 9.08. The highest BCUT2D eigenvalue weighted by atomic mass is 32.1. The molecule has 1 N–H and O–H groups in total. The minimum atomic E-state index is -0.800. The molecule has 3 nitrogen and oxygen atoms in total. The molecule has 0 amide bonds. The lowest BCUT2D eigenvalue weighted by Gasteiger charge is -2.00. The van der Waals surface area contributed by atoms with E-state index >= 15 is 0 Å². The van der Waals surface area contributed by atoms with Crippen LogP contribution in [0, 0.1) is 6.92 Å². The fourth-order valence-electron chi connectivity index (χ4n) is 1.93. The monoisotopic (exact) mass is 275 g/mol. The average Bonchev–Trinajstić information content (AvgIpc) is 2.70. The summed E-state index contributed by atoms with van der Waals surface area (Å²) in [6.07, 6.45) is 1.88. The van der Waals surface area contributed by atoms with Gasteiger partial charge in [0.2, 0.25) is 0 Å². The van der Waals surface area contributed by atoms with Crippen molar-refractivity contribution in [3.8, 4) is 0 Å². The normalized spacial score (nSPS) is 10.6. The molecule has 0 unspecified atom stereocenters. The molecule has 0 spiro atoms. The predicted octanol–water partition coefficient (Wildman–Crippen LogP) is 3.23. The van der Waals surface area contributed by atoms with E-state index in [0.29, 0.717) is 0 Å². The van der Waals surface area contributed by atoms with E-state index in [2.05, 4.69) is 36.2 Å². The summed E-state index contributed by atoms with van der Waals surface area (Å²) in [4.78, 5) is 16.0. The number of aryl methyl sites for hydroxylation is 2. The zero-order chi connectivity index (χ0) is 13.8. The molecule has 0 bridgehead atoms. The minimum absolute atomic E-state index is 0.0677. The maximum absolute atomic E-state index is 10.7. The summed E-state index contributed by atoms with van der Waals surface area (Å²) in [5.41, 5.74) is 3.38. The molecule has 1 heterocycles. The molecule has 1 aromatic carbocycles. The molecule has 0 aliphatic carbocycles. The van der Waals surface area contributed by atoms with Gasteiger partial charge < -0.3 is 5.11 Å². The standard InChI is InChI=1S/C15H17NO2S/c1-3-11-4-6-12(7-5-11)8-14-16-10(2)13(19-14)9-15(17)18/h4-7H,3,8-9H2,1-2H3,(H,17,18). The molecule has 2 aromatic rings. The van der Waals surface area contributed by atoms with Crippen LogP contribution in [0.3, 0.4) is 0 Å². The summed E-state index contributed by atoms with van der Waals surface area (Å²) in [6.45, 7) is 4.01. The Bertz CT molecular complexity index is 572. The van der Waals surface area contributed by atoms with Crippen molar-refractivity contribution in [3.63, 3.8) is 0 Å². The molecule has 0 fully saturated rings. The van der Waals surface area contributed by atoms with Gasteiger partial charge in [0.05, 0.1) is 17.1 Å². The summed E-state index contributed by atoms with van der Waals surface area (Å²) < 4.78 is 0. The van der Waals surface area contributed by atoms with Gasteiger partial charge in [0.1, 0.15) is 0 Å². The van der Waals surface area contributed by atoms with Crippen LogP contribution in [0.25, 0.3) is 0 Å². The Morgan fingerprint density at radius 3 is 2.47 bits per heavy atom. The smallest absolute Gasteiger partial charge is 0.308 e. The van der Waals surface area contributed by atoms with Crippen molar-refractivity contribution in [1.82, 2.24) is 4.98 Å². The van der Waals surface area contributed by atoms with Crippen molar-refractivity contribution < 1.29 is 9.90 Å². The number of benzene rings is 1. The van der Waals surface area contributed by atoms with Crippen LogP contribution in [0.4, 0.5) is 0 Å². The summed E-state index contributed by atoms with van der Waals surface area (Å²) >= 11 is 1.50. The molecule has 0 aliphatic rings. The maximum Gasteiger partial charge on any atom is 0.308 e. The van der Waals surface area contributed by atoms with Crippen LogP contribution < -0.4 is 0 Å². The zero-order valence-corrected chi connectivity index (χ0v) is 12.0. The van der Waals surface area contributed by atoms with Crippen molar-refractivity contribution in [3.05, 3.63) is 51.0 Å². The molecule has 0 radical (unpaired) electrons. The van der Waals surface area contributed by atoms with Crippen LogP contribution in [0.1, 0.15) is 33.6 Å². The molecule has 0 saturated carbocycles. The highest BCUT2D eigenvalue weighted by molar-refractivity contribution is 7.11. The van der Waals surface area contributed by atoms with Crippen LogP contribution in [0.15, 0.2) is 24.3 Å². The molecule has 100 valence electrons. The molecule has 2 rings (SSSR count). The van der Waals surface area contributed by atoms with E-state index in [0.717, 1.165) is 28.4 Å². The number of carboxylic acids is 1. The molecule has 0 atom stereocenters. The number of hydrogen-bond donors (Lipinski definition) is 1. The van der Waals surface area contributed by atoms with Crippen LogP contribution in [0.2, 0.25) is 0 Å². The van der Waals surface area contributed by atoms with Gasteiger partial charge in [-0.1, -0.05) is 31.2 Å². The number of rotatable bonds is 5. The molecule has 0 saturated heterocycles. The topological polar surface area (TPSA) is 50.2 Å². The predicted molar refractivity (Wildman–Crippen MR) is 76.8 cm³/mol. The lowest BCUT2D eigenvalue weighted by molar-refractivity contribution is -0.136. The Balaban J connectivity index is 2.12. The summed E-state index contributed by atoms with van der Waals surface area (Å²) in [5.74, 6) is -0.800. The van der Waals surface area contributed by atoms with Crippen LogP contribution in [-0.4, -0.2) is 16.1 Å². The van der Waals surface area contributed by atoms with Crippen molar-refractivity contribution in [2.45, 2.75) is 33.1 Å². The second kappa shape index (κ2) is 5.97. The fraction of sp³-hybridized carbons (Fsp3) is 0.333. The molecule has 0 aliphatic heterocycles. The SMILES string of the molecule is CCc1ccc(Cc2nc(C)c(CC(=O)O)s2)cc1. The quantitative estimate of drug-likeness (QED) is 0.911. The highest BCUT2D eigenvalue weighted by Gasteiger charge is 2.11. The zero-order valence-electron chi connectivity index (χ0n) is 11.1. The molecular formula is C15H17NO2S. The largest absolute Gasteiger partial charge is 0.481 e. The molecular weight excluding hydrogens is 258 g/mol. The number of aliphatic carboxylic acids is 1. The van der Waals surface area contributed by atoms with E-state index in [9.17, 15) is 4.79 Å². The first-order valence-electron chi connectivity index (χ1n) is 6.33. The minimum Gasteiger partial charge on any atom is -0.481 e. The number of carbonyl (C=O) groups is 1. The van der Waals surface area contributed by atoms with E-state index < -0.39 is 5.97 Å². The summed E-state index contributed by atoms with van der Waals surface area (Å²) in [7, 11) is 0. The van der Waals surface area contributed by atoms with Gasteiger partial charge >= 0.3 is 5.97 Å². The van der Waals surface area contributed by atoms with Crippen LogP contribution in [-0.2, 0) is 24.1 Å². The van der Waals surface area contributed by atoms with Crippen LogP contribution >= 0.6 is 11.3 Å². The number of thiazole rings is 1. The van der Waals surface area contributed by atoms with Gasteiger partial charge in [0.25, 0.3) is 0 Å². The average molecular weight is 275 g/mol. The number of aromatic nitrogens is 1. The number of hydrogen-bond acceptors (Lipinski definition) is 3. The number of nitrogens with zero attached hydrogens (tertiary/aromatic N) is 1.